The highest BCUT2D eigenvalue weighted by atomic mass is 79.9. The highest BCUT2D eigenvalue weighted by molar-refractivity contribution is 9.10. The van der Waals surface area contributed by atoms with E-state index in [9.17, 15) is 18.0 Å². The predicted octanol–water partition coefficient (Wildman–Crippen LogP) is 4.09. The Balaban J connectivity index is 1.75. The van der Waals surface area contributed by atoms with Crippen LogP contribution >= 0.6 is 15.9 Å². The molecule has 0 radical (unpaired) electrons. The van der Waals surface area contributed by atoms with Crippen molar-refractivity contribution in [3.63, 3.8) is 0 Å². The number of carbonyl (C=O) groups is 1. The molecule has 1 atom stereocenters. The van der Waals surface area contributed by atoms with Crippen molar-refractivity contribution < 1.29 is 22.7 Å². The summed E-state index contributed by atoms with van der Waals surface area (Å²) in [5.41, 5.74) is -0.576. The Labute approximate surface area is 172 Å². The highest BCUT2D eigenvalue weighted by Crippen LogP contribution is 2.33. The minimum absolute atomic E-state index is 0.0209. The summed E-state index contributed by atoms with van der Waals surface area (Å²) in [6.07, 6.45) is -1.89. The SMILES string of the molecule is O=C(NC[C@H]1CCCO1)c1cnn2c(C(F)(F)F)cc(-c3ccc(Br)cc3)nc12. The second kappa shape index (κ2) is 7.75. The van der Waals surface area contributed by atoms with Crippen LogP contribution in [0.2, 0.25) is 0 Å². The van der Waals surface area contributed by atoms with Crippen molar-refractivity contribution in [3.05, 3.63) is 52.3 Å². The molecular weight excluding hydrogens is 453 g/mol. The highest BCUT2D eigenvalue weighted by Gasteiger charge is 2.36. The number of amides is 1. The average Bonchev–Trinajstić information content (AvgIpc) is 3.35. The number of hydrogen-bond donors (Lipinski definition) is 1. The van der Waals surface area contributed by atoms with Crippen LogP contribution in [0.1, 0.15) is 28.9 Å². The van der Waals surface area contributed by atoms with Gasteiger partial charge in [0.15, 0.2) is 11.3 Å². The Bertz CT molecular complexity index is 1040. The van der Waals surface area contributed by atoms with Crippen molar-refractivity contribution in [2.24, 2.45) is 0 Å². The Morgan fingerprint density at radius 2 is 2.07 bits per heavy atom. The van der Waals surface area contributed by atoms with Gasteiger partial charge in [-0.2, -0.15) is 18.3 Å². The maximum absolute atomic E-state index is 13.6. The molecule has 2 aromatic heterocycles. The van der Waals surface area contributed by atoms with Gasteiger partial charge >= 0.3 is 6.18 Å². The van der Waals surface area contributed by atoms with E-state index in [1.54, 1.807) is 24.3 Å². The lowest BCUT2D eigenvalue weighted by atomic mass is 10.1. The molecule has 0 unspecified atom stereocenters. The molecule has 1 amide bonds. The summed E-state index contributed by atoms with van der Waals surface area (Å²) in [7, 11) is 0. The Morgan fingerprint density at radius 3 is 2.72 bits per heavy atom. The lowest BCUT2D eigenvalue weighted by Crippen LogP contribution is -2.31. The number of halogens is 4. The summed E-state index contributed by atoms with van der Waals surface area (Å²) in [4.78, 5) is 16.9. The minimum Gasteiger partial charge on any atom is -0.376 e. The predicted molar refractivity (Wildman–Crippen MR) is 102 cm³/mol. The molecule has 1 N–H and O–H groups in total. The van der Waals surface area contributed by atoms with E-state index in [0.29, 0.717) is 16.7 Å². The molecule has 0 spiro atoms. The lowest BCUT2D eigenvalue weighted by Gasteiger charge is -2.12. The molecule has 1 aromatic carbocycles. The number of ether oxygens (including phenoxy) is 1. The first-order chi connectivity index (χ1) is 13.8. The fourth-order valence-electron chi connectivity index (χ4n) is 3.20. The van der Waals surface area contributed by atoms with Crippen LogP contribution < -0.4 is 5.32 Å². The fourth-order valence-corrected chi connectivity index (χ4v) is 3.46. The summed E-state index contributed by atoms with van der Waals surface area (Å²) in [5, 5.41) is 6.47. The number of alkyl halides is 3. The van der Waals surface area contributed by atoms with Crippen LogP contribution in [-0.2, 0) is 10.9 Å². The number of nitrogens with zero attached hydrogens (tertiary/aromatic N) is 3. The zero-order valence-corrected chi connectivity index (χ0v) is 16.6. The van der Waals surface area contributed by atoms with Gasteiger partial charge in [0.2, 0.25) is 0 Å². The van der Waals surface area contributed by atoms with Gasteiger partial charge in [-0.25, -0.2) is 9.50 Å². The Kier molecular flexibility index (Phi) is 5.30. The monoisotopic (exact) mass is 468 g/mol. The molecule has 29 heavy (non-hydrogen) atoms. The van der Waals surface area contributed by atoms with E-state index in [1.807, 2.05) is 0 Å². The molecule has 152 valence electrons. The van der Waals surface area contributed by atoms with Gasteiger partial charge in [-0.15, -0.1) is 0 Å². The van der Waals surface area contributed by atoms with Crippen LogP contribution in [0.25, 0.3) is 16.9 Å². The topological polar surface area (TPSA) is 68.5 Å². The summed E-state index contributed by atoms with van der Waals surface area (Å²) >= 11 is 3.30. The molecule has 1 aliphatic rings. The van der Waals surface area contributed by atoms with Gasteiger partial charge in [-0.3, -0.25) is 4.79 Å². The van der Waals surface area contributed by atoms with Gasteiger partial charge in [0.25, 0.3) is 5.91 Å². The molecular formula is C19H16BrF3N4O2. The number of aromatic nitrogens is 3. The second-order valence-electron chi connectivity index (χ2n) is 6.67. The van der Waals surface area contributed by atoms with E-state index in [2.05, 4.69) is 31.3 Å². The van der Waals surface area contributed by atoms with Crippen LogP contribution in [0.3, 0.4) is 0 Å². The average molecular weight is 469 g/mol. The third-order valence-corrected chi connectivity index (χ3v) is 5.19. The van der Waals surface area contributed by atoms with Gasteiger partial charge in [0, 0.05) is 23.2 Å². The molecule has 0 saturated carbocycles. The van der Waals surface area contributed by atoms with Gasteiger partial charge in [-0.05, 0) is 31.0 Å². The van der Waals surface area contributed by atoms with Crippen LogP contribution in [0.5, 0.6) is 0 Å². The molecule has 10 heteroatoms. The van der Waals surface area contributed by atoms with Crippen molar-refractivity contribution in [3.8, 4) is 11.3 Å². The van der Waals surface area contributed by atoms with Crippen molar-refractivity contribution in [1.29, 1.82) is 0 Å². The van der Waals surface area contributed by atoms with E-state index in [4.69, 9.17) is 4.74 Å². The molecule has 1 saturated heterocycles. The van der Waals surface area contributed by atoms with Crippen molar-refractivity contribution in [2.45, 2.75) is 25.1 Å². The standard InChI is InChI=1S/C19H16BrF3N4O2/c20-12-5-3-11(4-6-12)15-8-16(19(21,22)23)27-17(26-15)14(10-25-27)18(28)24-9-13-2-1-7-29-13/h3-6,8,10,13H,1-2,7,9H2,(H,24,28)/t13-/m1/s1. The molecule has 0 aliphatic carbocycles. The number of rotatable bonds is 4. The molecule has 1 fully saturated rings. The van der Waals surface area contributed by atoms with Crippen LogP contribution in [-0.4, -0.2) is 39.8 Å². The lowest BCUT2D eigenvalue weighted by molar-refractivity contribution is -0.142. The molecule has 3 heterocycles. The number of carbonyl (C=O) groups excluding carboxylic acids is 1. The van der Waals surface area contributed by atoms with Gasteiger partial charge in [0.1, 0.15) is 5.56 Å². The quantitative estimate of drug-likeness (QED) is 0.626. The summed E-state index contributed by atoms with van der Waals surface area (Å²) < 4.78 is 47.8. The molecule has 1 aliphatic heterocycles. The molecule has 3 aromatic rings. The number of nitrogens with one attached hydrogen (secondary N) is 1. The Morgan fingerprint density at radius 1 is 1.31 bits per heavy atom. The van der Waals surface area contributed by atoms with Gasteiger partial charge < -0.3 is 10.1 Å². The largest absolute Gasteiger partial charge is 0.433 e. The van der Waals surface area contributed by atoms with E-state index in [-0.39, 0.29) is 29.6 Å². The minimum atomic E-state index is -4.66. The third-order valence-electron chi connectivity index (χ3n) is 4.66. The maximum Gasteiger partial charge on any atom is 0.433 e. The second-order valence-corrected chi connectivity index (χ2v) is 7.59. The maximum atomic E-state index is 13.6. The summed E-state index contributed by atoms with van der Waals surface area (Å²) in [6.45, 7) is 0.930. The first kappa shape index (κ1) is 19.8. The number of hydrogen-bond acceptors (Lipinski definition) is 4. The van der Waals surface area contributed by atoms with E-state index >= 15 is 0 Å². The van der Waals surface area contributed by atoms with Crippen LogP contribution in [0.15, 0.2) is 41.0 Å². The van der Waals surface area contributed by atoms with Gasteiger partial charge in [0.05, 0.1) is 18.0 Å². The van der Waals surface area contributed by atoms with Crippen molar-refractivity contribution in [1.82, 2.24) is 19.9 Å². The molecule has 4 rings (SSSR count). The van der Waals surface area contributed by atoms with Crippen LogP contribution in [0.4, 0.5) is 13.2 Å². The normalized spacial score (nSPS) is 17.0. The smallest absolute Gasteiger partial charge is 0.376 e. The number of benzene rings is 1. The molecule has 0 bridgehead atoms. The molecule has 6 nitrogen and oxygen atoms in total. The summed E-state index contributed by atoms with van der Waals surface area (Å²) in [5.74, 6) is -0.538. The van der Waals surface area contributed by atoms with E-state index < -0.39 is 17.8 Å². The zero-order chi connectivity index (χ0) is 20.6. The van der Waals surface area contributed by atoms with Crippen molar-refractivity contribution in [2.75, 3.05) is 13.2 Å². The zero-order valence-electron chi connectivity index (χ0n) is 15.0. The Hall–Kier alpha value is -2.46. The van der Waals surface area contributed by atoms with Crippen molar-refractivity contribution >= 4 is 27.5 Å². The van der Waals surface area contributed by atoms with Gasteiger partial charge in [-0.1, -0.05) is 28.1 Å². The van der Waals surface area contributed by atoms with E-state index in [1.165, 1.54) is 0 Å². The first-order valence-corrected chi connectivity index (χ1v) is 9.74. The summed E-state index contributed by atoms with van der Waals surface area (Å²) in [6, 6.07) is 7.64. The van der Waals surface area contributed by atoms with E-state index in [0.717, 1.165) is 29.6 Å². The first-order valence-electron chi connectivity index (χ1n) is 8.94. The fraction of sp³-hybridized carbons (Fsp3) is 0.316. The third kappa shape index (κ3) is 4.13. The van der Waals surface area contributed by atoms with Crippen LogP contribution in [0, 0.1) is 0 Å². The number of fused-ring (bicyclic) bond motifs is 1.